The Morgan fingerprint density at radius 3 is 2.51 bits per heavy atom. The van der Waals surface area contributed by atoms with E-state index in [1.807, 2.05) is 35.2 Å². The highest BCUT2D eigenvalue weighted by Crippen LogP contribution is 2.44. The average molecular weight is 476 g/mol. The number of carbonyl (C=O) groups excluding carboxylic acids is 3. The zero-order valence-electron chi connectivity index (χ0n) is 20.9. The Bertz CT molecular complexity index is 1170. The number of hydrogen-bond donors (Lipinski definition) is 1. The Morgan fingerprint density at radius 1 is 1.09 bits per heavy atom. The number of benzene rings is 1. The summed E-state index contributed by atoms with van der Waals surface area (Å²) in [5.74, 6) is -0.215. The van der Waals surface area contributed by atoms with Crippen LogP contribution in [-0.2, 0) is 21.5 Å². The molecule has 0 aliphatic carbocycles. The third-order valence-corrected chi connectivity index (χ3v) is 7.60. The van der Waals surface area contributed by atoms with Gasteiger partial charge in [0.1, 0.15) is 5.54 Å². The highest BCUT2D eigenvalue weighted by Gasteiger charge is 2.52. The number of carbonyl (C=O) groups is 3. The molecule has 3 aliphatic heterocycles. The molecule has 2 fully saturated rings. The van der Waals surface area contributed by atoms with Gasteiger partial charge in [-0.2, -0.15) is 0 Å². The third kappa shape index (κ3) is 3.89. The third-order valence-electron chi connectivity index (χ3n) is 7.60. The Morgan fingerprint density at radius 2 is 1.83 bits per heavy atom. The van der Waals surface area contributed by atoms with Crippen molar-refractivity contribution in [2.75, 3.05) is 22.9 Å². The van der Waals surface area contributed by atoms with Crippen LogP contribution in [0.25, 0.3) is 0 Å². The topological polar surface area (TPSA) is 85.8 Å². The van der Waals surface area contributed by atoms with Crippen LogP contribution >= 0.6 is 0 Å². The summed E-state index contributed by atoms with van der Waals surface area (Å²) in [6.07, 6.45) is 6.30. The van der Waals surface area contributed by atoms with Crippen molar-refractivity contribution in [3.63, 3.8) is 0 Å². The lowest BCUT2D eigenvalue weighted by Crippen LogP contribution is -2.49. The van der Waals surface area contributed by atoms with E-state index in [4.69, 9.17) is 0 Å². The normalized spacial score (nSPS) is 23.1. The molecule has 184 valence electrons. The molecule has 4 heterocycles. The second-order valence-electron chi connectivity index (χ2n) is 10.9. The lowest BCUT2D eigenvalue weighted by Gasteiger charge is -2.29. The van der Waals surface area contributed by atoms with E-state index in [-0.39, 0.29) is 29.3 Å². The van der Waals surface area contributed by atoms with Gasteiger partial charge in [0, 0.05) is 36.6 Å². The molecule has 0 spiro atoms. The number of nitrogens with zero attached hydrogens (tertiary/aromatic N) is 4. The maximum Gasteiger partial charge on any atom is 0.332 e. The van der Waals surface area contributed by atoms with Gasteiger partial charge >= 0.3 is 6.03 Å². The Hall–Kier alpha value is -3.26. The molecule has 0 unspecified atom stereocenters. The fourth-order valence-corrected chi connectivity index (χ4v) is 5.47. The molecule has 1 atom stereocenters. The van der Waals surface area contributed by atoms with Crippen LogP contribution < -0.4 is 15.1 Å². The molecule has 1 aromatic carbocycles. The summed E-state index contributed by atoms with van der Waals surface area (Å²) in [7, 11) is 0. The molecule has 2 aromatic rings. The van der Waals surface area contributed by atoms with E-state index < -0.39 is 5.54 Å². The zero-order valence-corrected chi connectivity index (χ0v) is 20.9. The minimum atomic E-state index is -1.000. The smallest absolute Gasteiger partial charge is 0.310 e. The maximum atomic E-state index is 13.6. The molecule has 1 N–H and O–H groups in total. The summed E-state index contributed by atoms with van der Waals surface area (Å²) >= 11 is 0. The summed E-state index contributed by atoms with van der Waals surface area (Å²) < 4.78 is 0. The van der Waals surface area contributed by atoms with Crippen LogP contribution in [0, 0.1) is 0 Å². The molecule has 2 saturated heterocycles. The van der Waals surface area contributed by atoms with Crippen molar-refractivity contribution in [3.05, 3.63) is 53.9 Å². The second kappa shape index (κ2) is 8.45. The van der Waals surface area contributed by atoms with E-state index in [2.05, 4.69) is 24.1 Å². The standard InChI is InChI=1S/C27H33N5O3/c1-26(2)17-30(23(33)21-7-5-6-12-29-21)22-15-19(8-9-20(22)26)32-24(34)27(3,4)31(25(32)35)16-18-10-13-28-14-11-18/h8-11,13-15,21,29H,5-7,12,16-17H2,1-4H3/t21-/m1/s1. The Kier molecular flexibility index (Phi) is 5.67. The van der Waals surface area contributed by atoms with Gasteiger partial charge in [0.05, 0.1) is 11.7 Å². The Labute approximate surface area is 206 Å². The van der Waals surface area contributed by atoms with Crippen LogP contribution in [0.3, 0.4) is 0 Å². The monoisotopic (exact) mass is 475 g/mol. The first-order valence-electron chi connectivity index (χ1n) is 12.4. The maximum absolute atomic E-state index is 13.6. The summed E-state index contributed by atoms with van der Waals surface area (Å²) in [5.41, 5.74) is 2.03. The number of aromatic nitrogens is 1. The SMILES string of the molecule is CC1(C)CN(C(=O)[C@H]2CCCCN2)c2cc(N3C(=O)N(Cc4ccncc4)C(C)(C)C3=O)ccc21. The number of hydrogen-bond acceptors (Lipinski definition) is 5. The molecule has 0 bridgehead atoms. The summed E-state index contributed by atoms with van der Waals surface area (Å²) in [4.78, 5) is 49.2. The summed E-state index contributed by atoms with van der Waals surface area (Å²) in [6.45, 7) is 9.53. The van der Waals surface area contributed by atoms with Crippen LogP contribution in [0.4, 0.5) is 16.2 Å². The number of nitrogens with one attached hydrogen (secondary N) is 1. The van der Waals surface area contributed by atoms with Gasteiger partial charge in [0.25, 0.3) is 5.91 Å². The highest BCUT2D eigenvalue weighted by molar-refractivity contribution is 6.23. The quantitative estimate of drug-likeness (QED) is 0.683. The van der Waals surface area contributed by atoms with Crippen molar-refractivity contribution in [2.45, 2.75) is 70.5 Å². The number of pyridine rings is 1. The fourth-order valence-electron chi connectivity index (χ4n) is 5.47. The van der Waals surface area contributed by atoms with Crippen LogP contribution in [0.5, 0.6) is 0 Å². The van der Waals surface area contributed by atoms with Gasteiger partial charge in [-0.05, 0) is 68.6 Å². The molecule has 5 rings (SSSR count). The fraction of sp³-hybridized carbons (Fsp3) is 0.481. The van der Waals surface area contributed by atoms with E-state index in [9.17, 15) is 14.4 Å². The molecule has 8 nitrogen and oxygen atoms in total. The minimum absolute atomic E-state index is 0.0624. The number of imide groups is 1. The minimum Gasteiger partial charge on any atom is -0.310 e. The van der Waals surface area contributed by atoms with E-state index in [0.717, 1.165) is 42.6 Å². The van der Waals surface area contributed by atoms with Gasteiger partial charge in [-0.1, -0.05) is 26.3 Å². The van der Waals surface area contributed by atoms with Crippen molar-refractivity contribution in [2.24, 2.45) is 0 Å². The predicted molar refractivity (Wildman–Crippen MR) is 134 cm³/mol. The van der Waals surface area contributed by atoms with Gasteiger partial charge in [-0.25, -0.2) is 9.69 Å². The van der Waals surface area contributed by atoms with Gasteiger partial charge < -0.3 is 15.1 Å². The van der Waals surface area contributed by atoms with Crippen molar-refractivity contribution >= 4 is 29.2 Å². The van der Waals surface area contributed by atoms with Gasteiger partial charge in [0.15, 0.2) is 0 Å². The number of piperidine rings is 1. The lowest BCUT2D eigenvalue weighted by molar-refractivity contribution is -0.123. The zero-order chi connectivity index (χ0) is 25.0. The van der Waals surface area contributed by atoms with E-state index in [1.165, 1.54) is 4.90 Å². The summed E-state index contributed by atoms with van der Waals surface area (Å²) in [6, 6.07) is 8.76. The molecule has 8 heteroatoms. The highest BCUT2D eigenvalue weighted by atomic mass is 16.2. The number of urea groups is 1. The van der Waals surface area contributed by atoms with Gasteiger partial charge in [-0.3, -0.25) is 14.6 Å². The van der Waals surface area contributed by atoms with Crippen LogP contribution in [-0.4, -0.2) is 52.4 Å². The molecule has 4 amide bonds. The number of rotatable bonds is 4. The number of anilines is 2. The van der Waals surface area contributed by atoms with E-state index >= 15 is 0 Å². The number of amides is 4. The molecule has 0 radical (unpaired) electrons. The van der Waals surface area contributed by atoms with Gasteiger partial charge in [0.2, 0.25) is 5.91 Å². The molecular weight excluding hydrogens is 442 g/mol. The van der Waals surface area contributed by atoms with Gasteiger partial charge in [-0.15, -0.1) is 0 Å². The first kappa shape index (κ1) is 23.5. The van der Waals surface area contributed by atoms with Crippen molar-refractivity contribution < 1.29 is 14.4 Å². The first-order valence-corrected chi connectivity index (χ1v) is 12.4. The lowest BCUT2D eigenvalue weighted by atomic mass is 9.87. The van der Waals surface area contributed by atoms with Crippen LogP contribution in [0.1, 0.15) is 58.1 Å². The molecule has 1 aromatic heterocycles. The van der Waals surface area contributed by atoms with E-state index in [1.54, 1.807) is 31.1 Å². The number of fused-ring (bicyclic) bond motifs is 1. The first-order chi connectivity index (χ1) is 16.6. The predicted octanol–water partition coefficient (Wildman–Crippen LogP) is 3.60. The van der Waals surface area contributed by atoms with Crippen LogP contribution in [0.15, 0.2) is 42.7 Å². The van der Waals surface area contributed by atoms with Crippen LogP contribution in [0.2, 0.25) is 0 Å². The molecule has 3 aliphatic rings. The van der Waals surface area contributed by atoms with Crippen molar-refractivity contribution in [1.29, 1.82) is 0 Å². The summed E-state index contributed by atoms with van der Waals surface area (Å²) in [5, 5.41) is 3.36. The molecular formula is C27H33N5O3. The van der Waals surface area contributed by atoms with Crippen molar-refractivity contribution in [1.82, 2.24) is 15.2 Å². The molecule has 35 heavy (non-hydrogen) atoms. The Balaban J connectivity index is 1.48. The molecule has 0 saturated carbocycles. The second-order valence-corrected chi connectivity index (χ2v) is 10.9. The average Bonchev–Trinajstić information content (AvgIpc) is 3.21. The van der Waals surface area contributed by atoms with E-state index in [0.29, 0.717) is 18.8 Å². The van der Waals surface area contributed by atoms with Crippen molar-refractivity contribution in [3.8, 4) is 0 Å². The largest absolute Gasteiger partial charge is 0.332 e.